The smallest absolute Gasteiger partial charge is 0.223 e. The molecule has 0 radical (unpaired) electrons. The van der Waals surface area contributed by atoms with Gasteiger partial charge in [0.05, 0.1) is 0 Å². The lowest BCUT2D eigenvalue weighted by molar-refractivity contribution is -0.116. The summed E-state index contributed by atoms with van der Waals surface area (Å²) in [6.07, 6.45) is 0. The van der Waals surface area contributed by atoms with Gasteiger partial charge >= 0.3 is 0 Å². The van der Waals surface area contributed by atoms with E-state index in [-0.39, 0.29) is 5.91 Å². The van der Waals surface area contributed by atoms with Gasteiger partial charge in [0.1, 0.15) is 0 Å². The van der Waals surface area contributed by atoms with Gasteiger partial charge in [-0.05, 0) is 42.5 Å². The Labute approximate surface area is 157 Å². The van der Waals surface area contributed by atoms with E-state index in [2.05, 4.69) is 42.5 Å². The third-order valence-electron chi connectivity index (χ3n) is 3.68. The monoisotopic (exact) mass is 365 g/mol. The number of amides is 1. The van der Waals surface area contributed by atoms with Crippen molar-refractivity contribution in [2.75, 3.05) is 11.9 Å². The maximum Gasteiger partial charge on any atom is 0.223 e. The van der Waals surface area contributed by atoms with Crippen LogP contribution in [0.2, 0.25) is 0 Å². The average Bonchev–Trinajstić information content (AvgIpc) is 2.62. The summed E-state index contributed by atoms with van der Waals surface area (Å²) in [5, 5.41) is 0. The van der Waals surface area contributed by atoms with E-state index in [1.165, 1.54) is 9.79 Å². The van der Waals surface area contributed by atoms with E-state index in [1.54, 1.807) is 35.3 Å². The number of hydrogen-bond acceptors (Lipinski definition) is 3. The molecular formula is C21H19NOS2. The van der Waals surface area contributed by atoms with Gasteiger partial charge < -0.3 is 4.90 Å². The Hall–Kier alpha value is -2.17. The van der Waals surface area contributed by atoms with Crippen molar-refractivity contribution in [2.24, 2.45) is 0 Å². The Morgan fingerprint density at radius 1 is 0.720 bits per heavy atom. The molecule has 0 aromatic heterocycles. The van der Waals surface area contributed by atoms with Crippen LogP contribution in [0.5, 0.6) is 0 Å². The molecule has 0 saturated carbocycles. The third-order valence-corrected chi connectivity index (χ3v) is 5.64. The first-order valence-corrected chi connectivity index (χ1v) is 9.60. The van der Waals surface area contributed by atoms with Crippen LogP contribution in [0.15, 0.2) is 98.4 Å². The van der Waals surface area contributed by atoms with Gasteiger partial charge in [-0.2, -0.15) is 0 Å². The first-order chi connectivity index (χ1) is 12.1. The summed E-state index contributed by atoms with van der Waals surface area (Å²) in [6.45, 7) is 1.58. The van der Waals surface area contributed by atoms with Gasteiger partial charge in [0, 0.05) is 39.2 Å². The minimum absolute atomic E-state index is 0.0255. The van der Waals surface area contributed by atoms with Crippen LogP contribution < -0.4 is 4.90 Å². The molecular weight excluding hydrogens is 346 g/mol. The molecule has 3 aromatic rings. The molecule has 0 bridgehead atoms. The number of carbonyl (C=O) groups is 1. The molecule has 1 amide bonds. The molecule has 0 spiro atoms. The van der Waals surface area contributed by atoms with Gasteiger partial charge in [-0.1, -0.05) is 59.9 Å². The molecule has 0 atom stereocenters. The fourth-order valence-corrected chi connectivity index (χ4v) is 4.24. The van der Waals surface area contributed by atoms with E-state index in [9.17, 15) is 4.79 Å². The number of rotatable bonds is 5. The number of anilines is 1. The summed E-state index contributed by atoms with van der Waals surface area (Å²) in [6, 6.07) is 26.8. The molecule has 3 rings (SSSR count). The second kappa shape index (κ2) is 8.28. The van der Waals surface area contributed by atoms with Crippen molar-refractivity contribution in [3.63, 3.8) is 0 Å². The highest BCUT2D eigenvalue weighted by molar-refractivity contribution is 8.00. The Balaban J connectivity index is 1.94. The molecule has 25 heavy (non-hydrogen) atoms. The summed E-state index contributed by atoms with van der Waals surface area (Å²) < 4.78 is 0. The second-order valence-electron chi connectivity index (χ2n) is 5.57. The van der Waals surface area contributed by atoms with E-state index in [0.717, 1.165) is 15.5 Å². The highest BCUT2D eigenvalue weighted by Crippen LogP contribution is 2.37. The molecule has 2 nitrogen and oxygen atoms in total. The second-order valence-corrected chi connectivity index (χ2v) is 7.86. The van der Waals surface area contributed by atoms with Crippen molar-refractivity contribution in [3.05, 3.63) is 78.9 Å². The van der Waals surface area contributed by atoms with Crippen LogP contribution in [0, 0.1) is 0 Å². The maximum absolute atomic E-state index is 11.8. The summed E-state index contributed by atoms with van der Waals surface area (Å²) in [5.41, 5.74) is 0.909. The number of carbonyl (C=O) groups excluding carboxylic acids is 1. The lowest BCUT2D eigenvalue weighted by Crippen LogP contribution is -2.22. The first-order valence-electron chi connectivity index (χ1n) is 7.97. The van der Waals surface area contributed by atoms with Crippen LogP contribution in [0.3, 0.4) is 0 Å². The Kier molecular flexibility index (Phi) is 5.84. The van der Waals surface area contributed by atoms with E-state index in [4.69, 9.17) is 0 Å². The van der Waals surface area contributed by atoms with Gasteiger partial charge in [0.15, 0.2) is 0 Å². The Bertz CT molecular complexity index is 791. The van der Waals surface area contributed by atoms with Crippen molar-refractivity contribution in [1.82, 2.24) is 0 Å². The third kappa shape index (κ3) is 4.91. The van der Waals surface area contributed by atoms with Crippen molar-refractivity contribution < 1.29 is 4.79 Å². The average molecular weight is 366 g/mol. The predicted octanol–water partition coefficient (Wildman–Crippen LogP) is 5.97. The van der Waals surface area contributed by atoms with E-state index >= 15 is 0 Å². The van der Waals surface area contributed by atoms with Crippen LogP contribution >= 0.6 is 23.5 Å². The molecule has 0 unspecified atom stereocenters. The lowest BCUT2D eigenvalue weighted by atomic mass is 10.3. The van der Waals surface area contributed by atoms with E-state index in [1.807, 2.05) is 43.4 Å². The quantitative estimate of drug-likeness (QED) is 0.555. The predicted molar refractivity (Wildman–Crippen MR) is 107 cm³/mol. The molecule has 0 aliphatic heterocycles. The van der Waals surface area contributed by atoms with Crippen LogP contribution in [0.1, 0.15) is 6.92 Å². The zero-order chi connectivity index (χ0) is 17.6. The lowest BCUT2D eigenvalue weighted by Gasteiger charge is -2.17. The largest absolute Gasteiger partial charge is 0.316 e. The van der Waals surface area contributed by atoms with Crippen molar-refractivity contribution >= 4 is 35.1 Å². The molecule has 0 N–H and O–H groups in total. The van der Waals surface area contributed by atoms with E-state index < -0.39 is 0 Å². The van der Waals surface area contributed by atoms with Gasteiger partial charge in [0.25, 0.3) is 0 Å². The highest BCUT2D eigenvalue weighted by atomic mass is 32.2. The first kappa shape index (κ1) is 17.6. The number of hydrogen-bond donors (Lipinski definition) is 0. The number of benzene rings is 3. The van der Waals surface area contributed by atoms with Crippen LogP contribution in [-0.4, -0.2) is 13.0 Å². The minimum Gasteiger partial charge on any atom is -0.316 e. The van der Waals surface area contributed by atoms with E-state index in [0.29, 0.717) is 0 Å². The zero-order valence-electron chi connectivity index (χ0n) is 14.2. The SMILES string of the molecule is CC(=O)N(C)c1cc(Sc2ccccc2)cc(Sc2ccccc2)c1. The van der Waals surface area contributed by atoms with Crippen molar-refractivity contribution in [3.8, 4) is 0 Å². The standard InChI is InChI=1S/C21H19NOS2/c1-16(23)22(2)17-13-20(24-18-9-5-3-6-10-18)15-21(14-17)25-19-11-7-4-8-12-19/h3-15H,1-2H3. The minimum atomic E-state index is 0.0255. The van der Waals surface area contributed by atoms with Crippen LogP contribution in [-0.2, 0) is 4.79 Å². The summed E-state index contributed by atoms with van der Waals surface area (Å²) >= 11 is 3.41. The molecule has 3 aromatic carbocycles. The Morgan fingerprint density at radius 3 is 1.56 bits per heavy atom. The Morgan fingerprint density at radius 2 is 1.16 bits per heavy atom. The fourth-order valence-electron chi connectivity index (χ4n) is 2.30. The molecule has 0 aliphatic rings. The van der Waals surface area contributed by atoms with Gasteiger partial charge in [-0.3, -0.25) is 4.79 Å². The summed E-state index contributed by atoms with van der Waals surface area (Å²) in [4.78, 5) is 18.1. The summed E-state index contributed by atoms with van der Waals surface area (Å²) in [7, 11) is 1.81. The molecule has 0 heterocycles. The van der Waals surface area contributed by atoms with Gasteiger partial charge in [0.2, 0.25) is 5.91 Å². The highest BCUT2D eigenvalue weighted by Gasteiger charge is 2.10. The maximum atomic E-state index is 11.8. The van der Waals surface area contributed by atoms with Gasteiger partial charge in [-0.25, -0.2) is 0 Å². The molecule has 126 valence electrons. The fraction of sp³-hybridized carbons (Fsp3) is 0.0952. The van der Waals surface area contributed by atoms with Crippen molar-refractivity contribution in [1.29, 1.82) is 0 Å². The molecule has 0 fully saturated rings. The summed E-state index contributed by atoms with van der Waals surface area (Å²) in [5.74, 6) is 0.0255. The van der Waals surface area contributed by atoms with Gasteiger partial charge in [-0.15, -0.1) is 0 Å². The van der Waals surface area contributed by atoms with Crippen molar-refractivity contribution in [2.45, 2.75) is 26.5 Å². The number of nitrogens with zero attached hydrogens (tertiary/aromatic N) is 1. The molecule has 0 saturated heterocycles. The van der Waals surface area contributed by atoms with Crippen LogP contribution in [0.25, 0.3) is 0 Å². The van der Waals surface area contributed by atoms with Crippen LogP contribution in [0.4, 0.5) is 5.69 Å². The normalized spacial score (nSPS) is 10.5. The molecule has 4 heteroatoms. The molecule has 0 aliphatic carbocycles. The topological polar surface area (TPSA) is 20.3 Å². The zero-order valence-corrected chi connectivity index (χ0v) is 15.8.